The molecule has 1 saturated carbocycles. The number of halogens is 2. The molecule has 3 atom stereocenters. The fourth-order valence-corrected chi connectivity index (χ4v) is 2.68. The van der Waals surface area contributed by atoms with Crippen LogP contribution in [-0.2, 0) is 0 Å². The summed E-state index contributed by atoms with van der Waals surface area (Å²) in [5.41, 5.74) is 2.37. The van der Waals surface area contributed by atoms with Crippen LogP contribution in [0.15, 0.2) is 12.1 Å². The lowest BCUT2D eigenvalue weighted by molar-refractivity contribution is 0.619. The van der Waals surface area contributed by atoms with Gasteiger partial charge >= 0.3 is 0 Å². The van der Waals surface area contributed by atoms with E-state index in [1.54, 1.807) is 6.92 Å². The van der Waals surface area contributed by atoms with Crippen molar-refractivity contribution >= 4 is 22.6 Å². The standard InChI is InChI=1S/C14H16ClFN2/c1-7-4-13-11(6-10(7)16)17-14(9(3)15)18(13)12-5-8(12)2/h4,6,8-9,12H,5H2,1-3H3. The Kier molecular flexibility index (Phi) is 2.63. The van der Waals surface area contributed by atoms with Crippen molar-refractivity contribution in [3.8, 4) is 0 Å². The molecule has 1 aromatic heterocycles. The minimum atomic E-state index is -0.204. The molecule has 1 aromatic carbocycles. The molecule has 0 amide bonds. The van der Waals surface area contributed by atoms with Crippen LogP contribution in [0.4, 0.5) is 4.39 Å². The van der Waals surface area contributed by atoms with Gasteiger partial charge in [-0.15, -0.1) is 11.6 Å². The third-order valence-corrected chi connectivity index (χ3v) is 3.95. The van der Waals surface area contributed by atoms with Crippen LogP contribution in [0.2, 0.25) is 0 Å². The molecular weight excluding hydrogens is 251 g/mol. The first-order valence-corrected chi connectivity index (χ1v) is 6.74. The number of hydrogen-bond acceptors (Lipinski definition) is 1. The topological polar surface area (TPSA) is 17.8 Å². The molecule has 0 N–H and O–H groups in total. The Balaban J connectivity index is 2.27. The van der Waals surface area contributed by atoms with Crippen molar-refractivity contribution in [3.05, 3.63) is 29.3 Å². The lowest BCUT2D eigenvalue weighted by Gasteiger charge is -2.10. The highest BCUT2D eigenvalue weighted by molar-refractivity contribution is 6.20. The van der Waals surface area contributed by atoms with Gasteiger partial charge in [0.25, 0.3) is 0 Å². The fourth-order valence-electron chi connectivity index (χ4n) is 2.53. The van der Waals surface area contributed by atoms with E-state index in [1.807, 2.05) is 13.0 Å². The van der Waals surface area contributed by atoms with Crippen molar-refractivity contribution in [2.45, 2.75) is 38.6 Å². The van der Waals surface area contributed by atoms with Gasteiger partial charge in [0.05, 0.1) is 16.4 Å². The summed E-state index contributed by atoms with van der Waals surface area (Å²) in [6.45, 7) is 5.91. The summed E-state index contributed by atoms with van der Waals surface area (Å²) in [5.74, 6) is 1.30. The van der Waals surface area contributed by atoms with Gasteiger partial charge in [-0.25, -0.2) is 9.37 Å². The quantitative estimate of drug-likeness (QED) is 0.739. The molecule has 3 rings (SSSR count). The molecule has 0 aliphatic heterocycles. The Labute approximate surface area is 111 Å². The number of imidazole rings is 1. The van der Waals surface area contributed by atoms with Gasteiger partial charge in [0, 0.05) is 12.1 Å². The Hall–Kier alpha value is -1.09. The normalized spacial score (nSPS) is 24.5. The number of hydrogen-bond donors (Lipinski definition) is 0. The van der Waals surface area contributed by atoms with Gasteiger partial charge in [0.15, 0.2) is 0 Å². The Bertz CT molecular complexity index is 618. The van der Waals surface area contributed by atoms with Crippen LogP contribution in [0, 0.1) is 18.7 Å². The van der Waals surface area contributed by atoms with Gasteiger partial charge in [-0.05, 0) is 37.8 Å². The number of nitrogens with zero attached hydrogens (tertiary/aromatic N) is 2. The van der Waals surface area contributed by atoms with Gasteiger partial charge in [0.1, 0.15) is 11.6 Å². The maximum absolute atomic E-state index is 13.6. The number of aryl methyl sites for hydroxylation is 1. The van der Waals surface area contributed by atoms with Crippen LogP contribution >= 0.6 is 11.6 Å². The van der Waals surface area contributed by atoms with Crippen molar-refractivity contribution in [2.75, 3.05) is 0 Å². The minimum absolute atomic E-state index is 0.159. The second kappa shape index (κ2) is 3.95. The predicted octanol–water partition coefficient (Wildman–Crippen LogP) is 4.36. The lowest BCUT2D eigenvalue weighted by Crippen LogP contribution is -2.03. The molecule has 2 nitrogen and oxygen atoms in total. The molecule has 0 saturated heterocycles. The first kappa shape index (κ1) is 12.0. The smallest absolute Gasteiger partial charge is 0.128 e. The number of fused-ring (bicyclic) bond motifs is 1. The van der Waals surface area contributed by atoms with Crippen LogP contribution in [-0.4, -0.2) is 9.55 Å². The van der Waals surface area contributed by atoms with E-state index in [-0.39, 0.29) is 11.2 Å². The summed E-state index contributed by atoms with van der Waals surface area (Å²) >= 11 is 6.20. The number of benzene rings is 1. The van der Waals surface area contributed by atoms with Crippen LogP contribution in [0.1, 0.15) is 43.1 Å². The summed E-state index contributed by atoms with van der Waals surface area (Å²) in [6, 6.07) is 3.86. The van der Waals surface area contributed by atoms with E-state index < -0.39 is 0 Å². The van der Waals surface area contributed by atoms with Gasteiger partial charge in [-0.1, -0.05) is 6.92 Å². The summed E-state index contributed by atoms with van der Waals surface area (Å²) in [4.78, 5) is 4.50. The van der Waals surface area contributed by atoms with Crippen molar-refractivity contribution in [1.29, 1.82) is 0 Å². The van der Waals surface area contributed by atoms with Crippen molar-refractivity contribution in [2.24, 2.45) is 5.92 Å². The molecular formula is C14H16ClFN2. The van der Waals surface area contributed by atoms with E-state index in [0.717, 1.165) is 17.8 Å². The molecule has 0 bridgehead atoms. The fraction of sp³-hybridized carbons (Fsp3) is 0.500. The highest BCUT2D eigenvalue weighted by atomic mass is 35.5. The zero-order valence-electron chi connectivity index (χ0n) is 10.7. The highest BCUT2D eigenvalue weighted by Crippen LogP contribution is 2.46. The summed E-state index contributed by atoms with van der Waals surface area (Å²) in [7, 11) is 0. The molecule has 1 aliphatic carbocycles. The highest BCUT2D eigenvalue weighted by Gasteiger charge is 2.37. The molecule has 1 heterocycles. The summed E-state index contributed by atoms with van der Waals surface area (Å²) in [5, 5.41) is -0.159. The Morgan fingerprint density at radius 1 is 1.50 bits per heavy atom. The minimum Gasteiger partial charge on any atom is -0.323 e. The molecule has 3 unspecified atom stereocenters. The molecule has 18 heavy (non-hydrogen) atoms. The van der Waals surface area contributed by atoms with Gasteiger partial charge < -0.3 is 4.57 Å². The number of aromatic nitrogens is 2. The van der Waals surface area contributed by atoms with Crippen molar-refractivity contribution in [3.63, 3.8) is 0 Å². The van der Waals surface area contributed by atoms with Crippen LogP contribution in [0.5, 0.6) is 0 Å². The Morgan fingerprint density at radius 2 is 2.17 bits per heavy atom. The summed E-state index contributed by atoms with van der Waals surface area (Å²) in [6.07, 6.45) is 1.15. The average Bonchev–Trinajstić information content (AvgIpc) is 2.88. The number of alkyl halides is 1. The van der Waals surface area contributed by atoms with Crippen LogP contribution in [0.25, 0.3) is 11.0 Å². The van der Waals surface area contributed by atoms with Crippen molar-refractivity contribution in [1.82, 2.24) is 9.55 Å². The van der Waals surface area contributed by atoms with E-state index in [9.17, 15) is 4.39 Å². The van der Waals surface area contributed by atoms with E-state index >= 15 is 0 Å². The molecule has 4 heteroatoms. The molecule has 96 valence electrons. The molecule has 1 aliphatic rings. The van der Waals surface area contributed by atoms with E-state index in [2.05, 4.69) is 16.5 Å². The molecule has 2 aromatic rings. The Morgan fingerprint density at radius 3 is 2.72 bits per heavy atom. The van der Waals surface area contributed by atoms with Gasteiger partial charge in [-0.3, -0.25) is 0 Å². The zero-order valence-corrected chi connectivity index (χ0v) is 11.5. The lowest BCUT2D eigenvalue weighted by atomic mass is 10.2. The third-order valence-electron chi connectivity index (χ3n) is 3.75. The van der Waals surface area contributed by atoms with Crippen molar-refractivity contribution < 1.29 is 4.39 Å². The average molecular weight is 267 g/mol. The number of rotatable bonds is 2. The maximum Gasteiger partial charge on any atom is 0.128 e. The monoisotopic (exact) mass is 266 g/mol. The first-order valence-electron chi connectivity index (χ1n) is 6.31. The van der Waals surface area contributed by atoms with Gasteiger partial charge in [-0.2, -0.15) is 0 Å². The van der Waals surface area contributed by atoms with E-state index in [4.69, 9.17) is 11.6 Å². The molecule has 0 radical (unpaired) electrons. The predicted molar refractivity (Wildman–Crippen MR) is 71.5 cm³/mol. The first-order chi connectivity index (χ1) is 8.49. The largest absolute Gasteiger partial charge is 0.323 e. The maximum atomic E-state index is 13.6. The van der Waals surface area contributed by atoms with E-state index in [1.165, 1.54) is 6.07 Å². The second-order valence-corrected chi connectivity index (χ2v) is 5.98. The van der Waals surface area contributed by atoms with Crippen LogP contribution in [0.3, 0.4) is 0 Å². The third kappa shape index (κ3) is 1.72. The van der Waals surface area contributed by atoms with Crippen LogP contribution < -0.4 is 0 Å². The molecule has 0 spiro atoms. The SMILES string of the molecule is Cc1cc2c(cc1F)nc(C(C)Cl)n2C1CC1C. The van der Waals surface area contributed by atoms with E-state index in [0.29, 0.717) is 23.0 Å². The summed E-state index contributed by atoms with van der Waals surface area (Å²) < 4.78 is 15.8. The van der Waals surface area contributed by atoms with Gasteiger partial charge in [0.2, 0.25) is 0 Å². The molecule has 1 fully saturated rings. The zero-order chi connectivity index (χ0) is 13.0. The second-order valence-electron chi connectivity index (χ2n) is 5.33.